The molecule has 196 valence electrons. The first kappa shape index (κ1) is 33.8. The lowest BCUT2D eigenvalue weighted by atomic mass is 10.3. The average Bonchev–Trinajstić information content (AvgIpc) is 2.79. The highest BCUT2D eigenvalue weighted by Gasteiger charge is 2.38. The highest BCUT2D eigenvalue weighted by Crippen LogP contribution is 2.13. The number of carbonyl (C=O) groups excluding carboxylic acids is 1. The molecule has 0 aromatic heterocycles. The predicted molar refractivity (Wildman–Crippen MR) is 116 cm³/mol. The largest absolute Gasteiger partial charge is 0.490 e. The van der Waals surface area contributed by atoms with Crippen LogP contribution in [-0.4, -0.2) is 114 Å². The second kappa shape index (κ2) is 23.8. The number of nitrogens with zero attached hydrogens (tertiary/aromatic N) is 1. The van der Waals surface area contributed by atoms with Gasteiger partial charge in [-0.2, -0.15) is 13.2 Å². The van der Waals surface area contributed by atoms with Crippen LogP contribution < -0.4 is 5.73 Å². The maximum atomic E-state index is 12.3. The molecule has 0 aromatic carbocycles. The Labute approximate surface area is 197 Å². The van der Waals surface area contributed by atoms with E-state index in [0.29, 0.717) is 72.5 Å². The van der Waals surface area contributed by atoms with Gasteiger partial charge in [-0.3, -0.25) is 4.79 Å². The smallest absolute Gasteiger partial charge is 0.475 e. The first-order valence-corrected chi connectivity index (χ1v) is 10.2. The van der Waals surface area contributed by atoms with E-state index >= 15 is 0 Å². The summed E-state index contributed by atoms with van der Waals surface area (Å²) in [5.74, 6) is 1.99. The highest BCUT2D eigenvalue weighted by molar-refractivity contribution is 5.76. The normalized spacial score (nSPS) is 10.5. The van der Waals surface area contributed by atoms with Crippen molar-refractivity contribution in [1.82, 2.24) is 4.90 Å². The van der Waals surface area contributed by atoms with E-state index in [4.69, 9.17) is 52.2 Å². The summed E-state index contributed by atoms with van der Waals surface area (Å²) in [5.41, 5.74) is 5.36. The number of carbonyl (C=O) groups is 2. The summed E-state index contributed by atoms with van der Waals surface area (Å²) in [6, 6.07) is 0. The summed E-state index contributed by atoms with van der Waals surface area (Å²) in [7, 11) is 0. The molecular weight excluding hydrogens is 465 g/mol. The Bertz CT molecular complexity index is 578. The van der Waals surface area contributed by atoms with E-state index in [9.17, 15) is 18.0 Å². The van der Waals surface area contributed by atoms with Crippen molar-refractivity contribution in [2.75, 3.05) is 85.7 Å². The minimum Gasteiger partial charge on any atom is -0.475 e. The van der Waals surface area contributed by atoms with Gasteiger partial charge in [-0.05, 0) is 0 Å². The van der Waals surface area contributed by atoms with Crippen molar-refractivity contribution in [2.45, 2.75) is 12.6 Å². The lowest BCUT2D eigenvalue weighted by Crippen LogP contribution is -2.37. The molecule has 3 N–H and O–H groups in total. The lowest BCUT2D eigenvalue weighted by Gasteiger charge is -2.23. The van der Waals surface area contributed by atoms with Crippen LogP contribution in [0.5, 0.6) is 0 Å². The van der Waals surface area contributed by atoms with Crippen molar-refractivity contribution < 1.29 is 51.6 Å². The van der Waals surface area contributed by atoms with Gasteiger partial charge < -0.3 is 39.4 Å². The fourth-order valence-corrected chi connectivity index (χ4v) is 1.92. The molecule has 1 amide bonds. The van der Waals surface area contributed by atoms with Gasteiger partial charge >= 0.3 is 12.1 Å². The summed E-state index contributed by atoms with van der Waals surface area (Å²) < 4.78 is 58.2. The summed E-state index contributed by atoms with van der Waals surface area (Å²) in [4.78, 5) is 22.9. The molecule has 0 heterocycles. The molecule has 0 bridgehead atoms. The number of carboxylic acid groups (broad SMARTS) is 1. The van der Waals surface area contributed by atoms with Crippen LogP contribution in [0.2, 0.25) is 0 Å². The van der Waals surface area contributed by atoms with E-state index in [1.807, 2.05) is 0 Å². The summed E-state index contributed by atoms with van der Waals surface area (Å²) in [6.45, 7) is 5.16. The van der Waals surface area contributed by atoms with Crippen LogP contribution >= 0.6 is 0 Å². The number of carboxylic acids is 1. The molecule has 34 heavy (non-hydrogen) atoms. The van der Waals surface area contributed by atoms with Crippen LogP contribution in [0.4, 0.5) is 13.2 Å². The topological polar surface area (TPSA) is 130 Å². The van der Waals surface area contributed by atoms with Gasteiger partial charge in [0.25, 0.3) is 0 Å². The zero-order chi connectivity index (χ0) is 26.1. The van der Waals surface area contributed by atoms with Crippen molar-refractivity contribution in [3.63, 3.8) is 0 Å². The molecule has 0 fully saturated rings. The van der Waals surface area contributed by atoms with E-state index < -0.39 is 12.1 Å². The SMILES string of the molecule is C#CCOCCOCCN(CCOCCOCC#C)C(=O)CCOCCN.O=C(O)C(F)(F)F. The van der Waals surface area contributed by atoms with Crippen molar-refractivity contribution in [2.24, 2.45) is 5.73 Å². The number of aliphatic carboxylic acids is 1. The number of amides is 1. The number of ether oxygens (including phenoxy) is 5. The van der Waals surface area contributed by atoms with Crippen LogP contribution in [-0.2, 0) is 33.3 Å². The van der Waals surface area contributed by atoms with Gasteiger partial charge in [-0.25, -0.2) is 4.79 Å². The van der Waals surface area contributed by atoms with E-state index in [1.165, 1.54) is 0 Å². The molecule has 0 aromatic rings. The predicted octanol–water partition coefficient (Wildman–Crippen LogP) is 0.147. The molecule has 0 aliphatic heterocycles. The number of rotatable bonds is 19. The van der Waals surface area contributed by atoms with Gasteiger partial charge in [-0.15, -0.1) is 12.8 Å². The third kappa shape index (κ3) is 24.3. The Hall–Kier alpha value is -2.39. The molecule has 0 saturated heterocycles. The van der Waals surface area contributed by atoms with Crippen molar-refractivity contribution >= 4 is 11.9 Å². The van der Waals surface area contributed by atoms with E-state index in [1.54, 1.807) is 4.90 Å². The second-order valence-electron chi connectivity index (χ2n) is 6.07. The number of hydrogen-bond donors (Lipinski definition) is 2. The maximum Gasteiger partial charge on any atom is 0.490 e. The fraction of sp³-hybridized carbons (Fsp3) is 0.714. The first-order valence-electron chi connectivity index (χ1n) is 10.2. The third-order valence-electron chi connectivity index (χ3n) is 3.44. The lowest BCUT2D eigenvalue weighted by molar-refractivity contribution is -0.192. The second-order valence-corrected chi connectivity index (χ2v) is 6.07. The van der Waals surface area contributed by atoms with Crippen LogP contribution in [0.15, 0.2) is 0 Å². The molecule has 0 saturated carbocycles. The standard InChI is InChI=1S/C19H32N2O6.C2HF3O2/c1-3-9-23-15-17-26-13-7-21(19(22)5-11-25-12-6-20)8-14-27-18-16-24-10-4-2;3-2(4,5)1(6)7/h1-2H,5-18,20H2;(H,6,7). The molecule has 0 radical (unpaired) electrons. The molecule has 0 unspecified atom stereocenters. The Morgan fingerprint density at radius 1 is 0.794 bits per heavy atom. The van der Waals surface area contributed by atoms with E-state index in [0.717, 1.165) is 0 Å². The molecule has 0 aliphatic rings. The molecule has 0 spiro atoms. The average molecular weight is 498 g/mol. The van der Waals surface area contributed by atoms with Gasteiger partial charge in [0.15, 0.2) is 0 Å². The van der Waals surface area contributed by atoms with Crippen LogP contribution in [0.1, 0.15) is 6.42 Å². The first-order chi connectivity index (χ1) is 16.2. The number of nitrogens with two attached hydrogens (primary N) is 1. The zero-order valence-corrected chi connectivity index (χ0v) is 19.0. The van der Waals surface area contributed by atoms with Crippen molar-refractivity contribution in [1.29, 1.82) is 0 Å². The Balaban J connectivity index is 0. The zero-order valence-electron chi connectivity index (χ0n) is 19.0. The summed E-state index contributed by atoms with van der Waals surface area (Å²) in [6.07, 6.45) is 5.38. The number of hydrogen-bond acceptors (Lipinski definition) is 8. The summed E-state index contributed by atoms with van der Waals surface area (Å²) >= 11 is 0. The maximum absolute atomic E-state index is 12.3. The Kier molecular flexibility index (Phi) is 23.6. The monoisotopic (exact) mass is 498 g/mol. The van der Waals surface area contributed by atoms with Gasteiger partial charge in [0.05, 0.1) is 59.3 Å². The van der Waals surface area contributed by atoms with Gasteiger partial charge in [0, 0.05) is 19.6 Å². The molecule has 0 rings (SSSR count). The van der Waals surface area contributed by atoms with E-state index in [-0.39, 0.29) is 25.5 Å². The van der Waals surface area contributed by atoms with Crippen LogP contribution in [0.3, 0.4) is 0 Å². The molecule has 0 atom stereocenters. The Morgan fingerprint density at radius 2 is 1.21 bits per heavy atom. The molecular formula is C21H33F3N2O8. The van der Waals surface area contributed by atoms with Gasteiger partial charge in [0.2, 0.25) is 5.91 Å². The minimum absolute atomic E-state index is 0.0219. The van der Waals surface area contributed by atoms with Crippen molar-refractivity contribution in [3.8, 4) is 24.7 Å². The summed E-state index contributed by atoms with van der Waals surface area (Å²) in [5, 5.41) is 7.12. The van der Waals surface area contributed by atoms with E-state index in [2.05, 4.69) is 11.8 Å². The third-order valence-corrected chi connectivity index (χ3v) is 3.44. The van der Waals surface area contributed by atoms with Crippen molar-refractivity contribution in [3.05, 3.63) is 0 Å². The minimum atomic E-state index is -5.08. The number of alkyl halides is 3. The number of terminal acetylenes is 2. The van der Waals surface area contributed by atoms with Crippen LogP contribution in [0, 0.1) is 24.7 Å². The quantitative estimate of drug-likeness (QED) is 0.189. The molecule has 0 aliphatic carbocycles. The highest BCUT2D eigenvalue weighted by atomic mass is 19.4. The fourth-order valence-electron chi connectivity index (χ4n) is 1.92. The van der Waals surface area contributed by atoms with Gasteiger partial charge in [0.1, 0.15) is 13.2 Å². The molecule has 13 heteroatoms. The molecule has 10 nitrogen and oxygen atoms in total. The van der Waals surface area contributed by atoms with Gasteiger partial charge in [-0.1, -0.05) is 11.8 Å². The number of halogens is 3. The van der Waals surface area contributed by atoms with Crippen LogP contribution in [0.25, 0.3) is 0 Å². The Morgan fingerprint density at radius 3 is 1.59 bits per heavy atom.